The number of anilines is 2. The van der Waals surface area contributed by atoms with Crippen molar-refractivity contribution in [3.8, 4) is 0 Å². The van der Waals surface area contributed by atoms with Gasteiger partial charge in [-0.15, -0.1) is 0 Å². The molecule has 5 nitrogen and oxygen atoms in total. The summed E-state index contributed by atoms with van der Waals surface area (Å²) >= 11 is 0. The van der Waals surface area contributed by atoms with Gasteiger partial charge in [0.15, 0.2) is 0 Å². The SMILES string of the molecule is CN(C)c1nccc(N2CCN(Cc3ccc(C(F)(F)F)cc3)CC2)n1. The second kappa shape index (κ2) is 7.49. The Balaban J connectivity index is 1.56. The number of hydrogen-bond acceptors (Lipinski definition) is 5. The van der Waals surface area contributed by atoms with Crippen molar-refractivity contribution in [3.05, 3.63) is 47.7 Å². The normalized spacial score (nSPS) is 16.0. The average molecular weight is 365 g/mol. The summed E-state index contributed by atoms with van der Waals surface area (Å²) in [5.74, 6) is 1.58. The number of alkyl halides is 3. The van der Waals surface area contributed by atoms with Crippen molar-refractivity contribution in [2.24, 2.45) is 0 Å². The summed E-state index contributed by atoms with van der Waals surface area (Å²) in [5.41, 5.74) is 0.287. The fraction of sp³-hybridized carbons (Fsp3) is 0.444. The molecule has 8 heteroatoms. The van der Waals surface area contributed by atoms with Gasteiger partial charge in [-0.3, -0.25) is 4.90 Å². The largest absolute Gasteiger partial charge is 0.416 e. The third kappa shape index (κ3) is 4.43. The first-order chi connectivity index (χ1) is 12.3. The molecule has 0 bridgehead atoms. The van der Waals surface area contributed by atoms with Crippen LogP contribution in [0.3, 0.4) is 0 Å². The highest BCUT2D eigenvalue weighted by Gasteiger charge is 2.30. The zero-order valence-electron chi connectivity index (χ0n) is 14.9. The van der Waals surface area contributed by atoms with Crippen LogP contribution >= 0.6 is 0 Å². The van der Waals surface area contributed by atoms with E-state index in [1.54, 1.807) is 18.3 Å². The Morgan fingerprint density at radius 1 is 1.00 bits per heavy atom. The third-order valence-corrected chi connectivity index (χ3v) is 4.41. The van der Waals surface area contributed by atoms with Crippen molar-refractivity contribution in [1.29, 1.82) is 0 Å². The molecule has 0 amide bonds. The molecule has 140 valence electrons. The lowest BCUT2D eigenvalue weighted by Gasteiger charge is -2.35. The molecule has 0 unspecified atom stereocenters. The molecule has 2 aromatic rings. The number of nitrogens with zero attached hydrogens (tertiary/aromatic N) is 5. The topological polar surface area (TPSA) is 35.5 Å². The van der Waals surface area contributed by atoms with E-state index in [4.69, 9.17) is 0 Å². The van der Waals surface area contributed by atoms with Gasteiger partial charge in [0.1, 0.15) is 5.82 Å². The maximum absolute atomic E-state index is 12.6. The lowest BCUT2D eigenvalue weighted by atomic mass is 10.1. The first-order valence-electron chi connectivity index (χ1n) is 8.47. The predicted octanol–water partition coefficient (Wildman–Crippen LogP) is 2.88. The van der Waals surface area contributed by atoms with E-state index >= 15 is 0 Å². The van der Waals surface area contributed by atoms with Crippen LogP contribution < -0.4 is 9.80 Å². The van der Waals surface area contributed by atoms with E-state index in [0.717, 1.165) is 49.7 Å². The lowest BCUT2D eigenvalue weighted by molar-refractivity contribution is -0.137. The summed E-state index contributed by atoms with van der Waals surface area (Å²) in [5, 5.41) is 0. The first-order valence-corrected chi connectivity index (χ1v) is 8.47. The highest BCUT2D eigenvalue weighted by atomic mass is 19.4. The van der Waals surface area contributed by atoms with E-state index in [1.807, 2.05) is 25.1 Å². The summed E-state index contributed by atoms with van der Waals surface area (Å²) in [6.07, 6.45) is -2.53. The smallest absolute Gasteiger partial charge is 0.354 e. The van der Waals surface area contributed by atoms with Crippen LogP contribution in [0.2, 0.25) is 0 Å². The molecule has 0 atom stereocenters. The van der Waals surface area contributed by atoms with Crippen LogP contribution in [0.5, 0.6) is 0 Å². The van der Waals surface area contributed by atoms with Crippen LogP contribution in [0.15, 0.2) is 36.5 Å². The third-order valence-electron chi connectivity index (χ3n) is 4.41. The Kier molecular flexibility index (Phi) is 5.31. The second-order valence-corrected chi connectivity index (χ2v) is 6.57. The molecular weight excluding hydrogens is 343 g/mol. The van der Waals surface area contributed by atoms with Gasteiger partial charge in [0.05, 0.1) is 5.56 Å². The summed E-state index contributed by atoms with van der Waals surface area (Å²) in [4.78, 5) is 15.1. The number of halogens is 3. The van der Waals surface area contributed by atoms with Crippen LogP contribution in [0, 0.1) is 0 Å². The van der Waals surface area contributed by atoms with Gasteiger partial charge in [0, 0.05) is 53.0 Å². The number of hydrogen-bond donors (Lipinski definition) is 0. The Hall–Kier alpha value is -2.35. The van der Waals surface area contributed by atoms with Gasteiger partial charge in [-0.25, -0.2) is 4.98 Å². The van der Waals surface area contributed by atoms with Crippen LogP contribution in [0.4, 0.5) is 24.9 Å². The number of aromatic nitrogens is 2. The van der Waals surface area contributed by atoms with E-state index in [9.17, 15) is 13.2 Å². The molecule has 1 fully saturated rings. The molecule has 0 N–H and O–H groups in total. The number of rotatable bonds is 4. The first kappa shape index (κ1) is 18.4. The summed E-state index contributed by atoms with van der Waals surface area (Å²) < 4.78 is 37.9. The molecule has 3 rings (SSSR count). The lowest BCUT2D eigenvalue weighted by Crippen LogP contribution is -2.46. The van der Waals surface area contributed by atoms with Crippen LogP contribution in [-0.2, 0) is 12.7 Å². The molecule has 1 saturated heterocycles. The van der Waals surface area contributed by atoms with Gasteiger partial charge < -0.3 is 9.80 Å². The van der Waals surface area contributed by atoms with Crippen molar-refractivity contribution < 1.29 is 13.2 Å². The standard InChI is InChI=1S/C18H22F3N5/c1-24(2)17-22-8-7-16(23-17)26-11-9-25(10-12-26)13-14-3-5-15(6-4-14)18(19,20)21/h3-8H,9-13H2,1-2H3. The molecule has 1 aliphatic heterocycles. The van der Waals surface area contributed by atoms with Gasteiger partial charge in [0.2, 0.25) is 5.95 Å². The Morgan fingerprint density at radius 3 is 2.23 bits per heavy atom. The second-order valence-electron chi connectivity index (χ2n) is 6.57. The molecular formula is C18H22F3N5. The minimum absolute atomic E-state index is 0.605. The monoisotopic (exact) mass is 365 g/mol. The molecule has 0 radical (unpaired) electrons. The van der Waals surface area contributed by atoms with Crippen molar-refractivity contribution >= 4 is 11.8 Å². The molecule has 2 heterocycles. The maximum Gasteiger partial charge on any atom is 0.416 e. The molecule has 1 aromatic carbocycles. The van der Waals surface area contributed by atoms with Crippen LogP contribution in [0.25, 0.3) is 0 Å². The maximum atomic E-state index is 12.6. The minimum atomic E-state index is -4.28. The quantitative estimate of drug-likeness (QED) is 0.833. The van der Waals surface area contributed by atoms with Gasteiger partial charge in [0.25, 0.3) is 0 Å². The zero-order chi connectivity index (χ0) is 18.7. The van der Waals surface area contributed by atoms with E-state index in [0.29, 0.717) is 12.5 Å². The number of benzene rings is 1. The molecule has 26 heavy (non-hydrogen) atoms. The Bertz CT molecular complexity index is 722. The summed E-state index contributed by atoms with van der Waals surface area (Å²) in [6.45, 7) is 3.97. The molecule has 0 spiro atoms. The average Bonchev–Trinajstić information content (AvgIpc) is 2.62. The van der Waals surface area contributed by atoms with Crippen molar-refractivity contribution in [2.75, 3.05) is 50.1 Å². The van der Waals surface area contributed by atoms with Gasteiger partial charge >= 0.3 is 6.18 Å². The zero-order valence-corrected chi connectivity index (χ0v) is 14.9. The summed E-state index contributed by atoms with van der Waals surface area (Å²) in [7, 11) is 3.81. The van der Waals surface area contributed by atoms with E-state index in [2.05, 4.69) is 19.8 Å². The Labute approximate surface area is 151 Å². The summed E-state index contributed by atoms with van der Waals surface area (Å²) in [6, 6.07) is 7.31. The molecule has 0 saturated carbocycles. The highest BCUT2D eigenvalue weighted by Crippen LogP contribution is 2.29. The fourth-order valence-corrected chi connectivity index (χ4v) is 2.92. The molecule has 1 aromatic heterocycles. The molecule has 0 aliphatic carbocycles. The van der Waals surface area contributed by atoms with E-state index < -0.39 is 11.7 Å². The van der Waals surface area contributed by atoms with Gasteiger partial charge in [-0.2, -0.15) is 18.2 Å². The highest BCUT2D eigenvalue weighted by molar-refractivity contribution is 5.43. The minimum Gasteiger partial charge on any atom is -0.354 e. The van der Waals surface area contributed by atoms with Crippen molar-refractivity contribution in [1.82, 2.24) is 14.9 Å². The van der Waals surface area contributed by atoms with Crippen molar-refractivity contribution in [2.45, 2.75) is 12.7 Å². The van der Waals surface area contributed by atoms with Gasteiger partial charge in [-0.1, -0.05) is 12.1 Å². The molecule has 1 aliphatic rings. The predicted molar refractivity (Wildman–Crippen MR) is 95.3 cm³/mol. The van der Waals surface area contributed by atoms with Gasteiger partial charge in [-0.05, 0) is 23.8 Å². The van der Waals surface area contributed by atoms with Crippen LogP contribution in [-0.4, -0.2) is 55.1 Å². The fourth-order valence-electron chi connectivity index (χ4n) is 2.92. The van der Waals surface area contributed by atoms with Crippen LogP contribution in [0.1, 0.15) is 11.1 Å². The van der Waals surface area contributed by atoms with E-state index in [1.165, 1.54) is 0 Å². The Morgan fingerprint density at radius 2 is 1.65 bits per heavy atom. The number of piperazine rings is 1. The van der Waals surface area contributed by atoms with E-state index in [-0.39, 0.29) is 0 Å². The van der Waals surface area contributed by atoms with Crippen molar-refractivity contribution in [3.63, 3.8) is 0 Å².